The van der Waals surface area contributed by atoms with Crippen molar-refractivity contribution in [1.29, 1.82) is 0 Å². The van der Waals surface area contributed by atoms with E-state index in [9.17, 15) is 13.5 Å². The quantitative estimate of drug-likeness (QED) is 0.850. The molecule has 2 atom stereocenters. The fraction of sp³-hybridized carbons (Fsp3) is 0.357. The molecule has 1 aliphatic heterocycles. The maximum Gasteiger partial charge on any atom is 0.262 e. The van der Waals surface area contributed by atoms with Gasteiger partial charge in [0, 0.05) is 37.0 Å². The molecule has 3 rings (SSSR count). The second-order valence-corrected chi connectivity index (χ2v) is 7.85. The number of aliphatic hydroxyl groups excluding tert-OH is 1. The number of aryl methyl sites for hydroxylation is 1. The van der Waals surface area contributed by atoms with E-state index in [1.165, 1.54) is 16.8 Å². The molecule has 7 nitrogen and oxygen atoms in total. The second kappa shape index (κ2) is 6.12. The van der Waals surface area contributed by atoms with Crippen molar-refractivity contribution in [2.75, 3.05) is 18.4 Å². The van der Waals surface area contributed by atoms with Gasteiger partial charge in [-0.15, -0.1) is 0 Å². The molecule has 1 saturated heterocycles. The summed E-state index contributed by atoms with van der Waals surface area (Å²) in [4.78, 5) is 3.89. The lowest BCUT2D eigenvalue weighted by molar-refractivity contribution is 0.179. The van der Waals surface area contributed by atoms with Gasteiger partial charge in [0.25, 0.3) is 10.0 Å². The second-order valence-electron chi connectivity index (χ2n) is 5.53. The first-order valence-corrected chi connectivity index (χ1v) is 8.86. The molecule has 1 aromatic heterocycles. The first kappa shape index (κ1) is 16.3. The number of imidazole rings is 1. The topological polar surface area (TPSA) is 87.5 Å². The molecule has 2 N–H and O–H groups in total. The summed E-state index contributed by atoms with van der Waals surface area (Å²) in [5.74, 6) is 0. The molecule has 2 aromatic rings. The fourth-order valence-corrected chi connectivity index (χ4v) is 4.18. The molecule has 1 aromatic carbocycles. The lowest BCUT2D eigenvalue weighted by Gasteiger charge is -2.17. The summed E-state index contributed by atoms with van der Waals surface area (Å²) in [5.41, 5.74) is 0.735. The number of halogens is 1. The van der Waals surface area contributed by atoms with Crippen molar-refractivity contribution >= 4 is 27.3 Å². The smallest absolute Gasteiger partial charge is 0.262 e. The van der Waals surface area contributed by atoms with Gasteiger partial charge in [0.05, 0.1) is 18.5 Å². The average molecular weight is 357 g/mol. The van der Waals surface area contributed by atoms with Crippen molar-refractivity contribution in [2.45, 2.75) is 17.2 Å². The van der Waals surface area contributed by atoms with E-state index in [1.54, 1.807) is 29.8 Å². The van der Waals surface area contributed by atoms with Crippen molar-refractivity contribution < 1.29 is 13.5 Å². The summed E-state index contributed by atoms with van der Waals surface area (Å²) in [6, 6.07) is 6.66. The van der Waals surface area contributed by atoms with Gasteiger partial charge in [-0.05, 0) is 18.2 Å². The van der Waals surface area contributed by atoms with Gasteiger partial charge >= 0.3 is 0 Å². The minimum atomic E-state index is -3.71. The Morgan fingerprint density at radius 2 is 2.17 bits per heavy atom. The Kier molecular flexibility index (Phi) is 4.33. The van der Waals surface area contributed by atoms with Gasteiger partial charge in [-0.25, -0.2) is 13.4 Å². The Bertz CT molecular complexity index is 808. The fourth-order valence-electron chi connectivity index (χ4n) is 2.54. The van der Waals surface area contributed by atoms with Crippen molar-refractivity contribution in [3.05, 3.63) is 41.8 Å². The number of aromatic nitrogens is 2. The van der Waals surface area contributed by atoms with Crippen LogP contribution in [0.5, 0.6) is 0 Å². The maximum absolute atomic E-state index is 12.5. The van der Waals surface area contributed by atoms with Gasteiger partial charge in [0.2, 0.25) is 0 Å². The molecular formula is C14H17ClN4O3S. The first-order valence-electron chi connectivity index (χ1n) is 7.04. The number of aliphatic hydroxyl groups is 1. The lowest BCUT2D eigenvalue weighted by atomic mass is 10.2. The zero-order chi connectivity index (χ0) is 16.6. The largest absolute Gasteiger partial charge is 0.390 e. The molecule has 0 radical (unpaired) electrons. The summed E-state index contributed by atoms with van der Waals surface area (Å²) in [7, 11) is -2.01. The van der Waals surface area contributed by atoms with Crippen LogP contribution in [-0.4, -0.2) is 52.6 Å². The Balaban J connectivity index is 1.76. The molecule has 1 fully saturated rings. The van der Waals surface area contributed by atoms with E-state index >= 15 is 0 Å². The molecule has 0 unspecified atom stereocenters. The number of hydrogen-bond donors (Lipinski definition) is 2. The van der Waals surface area contributed by atoms with Crippen LogP contribution in [0.4, 0.5) is 5.69 Å². The molecular weight excluding hydrogens is 340 g/mol. The number of hydrogen-bond acceptors (Lipinski definition) is 5. The summed E-state index contributed by atoms with van der Waals surface area (Å²) in [6.07, 6.45) is 2.06. The average Bonchev–Trinajstić information content (AvgIpc) is 3.07. The molecule has 23 heavy (non-hydrogen) atoms. The number of nitrogens with one attached hydrogen (secondary N) is 1. The number of anilines is 1. The molecule has 0 amide bonds. The van der Waals surface area contributed by atoms with Crippen molar-refractivity contribution in [3.8, 4) is 0 Å². The van der Waals surface area contributed by atoms with Crippen LogP contribution in [0, 0.1) is 0 Å². The highest BCUT2D eigenvalue weighted by Gasteiger charge is 2.39. The Morgan fingerprint density at radius 3 is 2.83 bits per heavy atom. The standard InChI is InChI=1S/C14H17ClN4O3S/c1-18-8-14(16-9-18)23(21,22)19-6-12(13(20)7-19)17-11-4-2-3-10(15)5-11/h2-5,8-9,12-13,17,20H,6-7H2,1H3/t12-,13-/m1/s1. The van der Waals surface area contributed by atoms with Crippen LogP contribution in [0.3, 0.4) is 0 Å². The molecule has 1 aliphatic rings. The zero-order valence-corrected chi connectivity index (χ0v) is 14.0. The van der Waals surface area contributed by atoms with Gasteiger partial charge in [0.15, 0.2) is 5.03 Å². The highest BCUT2D eigenvalue weighted by Crippen LogP contribution is 2.23. The number of nitrogens with zero attached hydrogens (tertiary/aromatic N) is 3. The minimum Gasteiger partial charge on any atom is -0.390 e. The van der Waals surface area contributed by atoms with Gasteiger partial charge in [0.1, 0.15) is 0 Å². The molecule has 0 saturated carbocycles. The molecule has 9 heteroatoms. The Labute approximate surface area is 139 Å². The molecule has 2 heterocycles. The SMILES string of the molecule is Cn1cnc(S(=O)(=O)N2C[C@@H](O)[C@H](Nc3cccc(Cl)c3)C2)c1. The van der Waals surface area contributed by atoms with Gasteiger partial charge in [-0.1, -0.05) is 17.7 Å². The van der Waals surface area contributed by atoms with Gasteiger partial charge in [-0.3, -0.25) is 0 Å². The van der Waals surface area contributed by atoms with Gasteiger partial charge in [-0.2, -0.15) is 4.31 Å². The van der Waals surface area contributed by atoms with E-state index in [1.807, 2.05) is 6.07 Å². The Morgan fingerprint density at radius 1 is 1.39 bits per heavy atom. The number of sulfonamides is 1. The van der Waals surface area contributed by atoms with Crippen LogP contribution < -0.4 is 5.32 Å². The third kappa shape index (κ3) is 3.35. The lowest BCUT2D eigenvalue weighted by Crippen LogP contribution is -2.33. The van der Waals surface area contributed by atoms with Crippen LogP contribution >= 0.6 is 11.6 Å². The summed E-state index contributed by atoms with van der Waals surface area (Å²) < 4.78 is 27.9. The van der Waals surface area contributed by atoms with Crippen LogP contribution in [-0.2, 0) is 17.1 Å². The minimum absolute atomic E-state index is 0.0180. The van der Waals surface area contributed by atoms with Crippen LogP contribution in [0.15, 0.2) is 41.8 Å². The van der Waals surface area contributed by atoms with E-state index in [4.69, 9.17) is 11.6 Å². The summed E-state index contributed by atoms with van der Waals surface area (Å²) in [6.45, 7) is 0.184. The number of β-amino-alcohol motifs (C(OH)–C–C–N with tert-alkyl or cyclic N) is 1. The normalized spacial score (nSPS) is 22.4. The molecule has 0 aliphatic carbocycles. The zero-order valence-electron chi connectivity index (χ0n) is 12.4. The van der Waals surface area contributed by atoms with Crippen molar-refractivity contribution in [3.63, 3.8) is 0 Å². The molecule has 124 valence electrons. The Hall–Kier alpha value is -1.61. The monoisotopic (exact) mass is 356 g/mol. The first-order chi connectivity index (χ1) is 10.9. The van der Waals surface area contributed by atoms with Crippen LogP contribution in [0.25, 0.3) is 0 Å². The molecule has 0 bridgehead atoms. The van der Waals surface area contributed by atoms with E-state index < -0.39 is 22.2 Å². The van der Waals surface area contributed by atoms with E-state index in [-0.39, 0.29) is 18.1 Å². The van der Waals surface area contributed by atoms with E-state index in [2.05, 4.69) is 10.3 Å². The third-order valence-corrected chi connectivity index (χ3v) is 5.67. The predicted octanol–water partition coefficient (Wildman–Crippen LogP) is 0.919. The highest BCUT2D eigenvalue weighted by molar-refractivity contribution is 7.89. The maximum atomic E-state index is 12.5. The van der Waals surface area contributed by atoms with Crippen LogP contribution in [0.1, 0.15) is 0 Å². The summed E-state index contributed by atoms with van der Waals surface area (Å²) in [5, 5.41) is 13.9. The molecule has 0 spiro atoms. The van der Waals surface area contributed by atoms with E-state index in [0.717, 1.165) is 5.69 Å². The van der Waals surface area contributed by atoms with Gasteiger partial charge < -0.3 is 15.0 Å². The van der Waals surface area contributed by atoms with Crippen LogP contribution in [0.2, 0.25) is 5.02 Å². The van der Waals surface area contributed by atoms with Crippen molar-refractivity contribution in [2.24, 2.45) is 7.05 Å². The number of rotatable bonds is 4. The van der Waals surface area contributed by atoms with E-state index in [0.29, 0.717) is 5.02 Å². The summed E-state index contributed by atoms with van der Waals surface area (Å²) >= 11 is 5.93. The highest BCUT2D eigenvalue weighted by atomic mass is 35.5. The predicted molar refractivity (Wildman–Crippen MR) is 86.8 cm³/mol. The van der Waals surface area contributed by atoms with Crippen molar-refractivity contribution in [1.82, 2.24) is 13.9 Å². The third-order valence-electron chi connectivity index (χ3n) is 3.72. The number of benzene rings is 1.